The minimum Gasteiger partial charge on any atom is -0.497 e. The molecule has 2 amide bonds. The zero-order valence-corrected chi connectivity index (χ0v) is 24.6. The number of methoxy groups -OCH3 is 2. The fourth-order valence-corrected chi connectivity index (χ4v) is 5.50. The van der Waals surface area contributed by atoms with Crippen LogP contribution in [0.5, 0.6) is 11.5 Å². The van der Waals surface area contributed by atoms with Crippen molar-refractivity contribution in [3.63, 3.8) is 0 Å². The van der Waals surface area contributed by atoms with E-state index < -0.39 is 34.1 Å². The molecule has 1 atom stereocenters. The van der Waals surface area contributed by atoms with E-state index in [4.69, 9.17) is 9.47 Å². The summed E-state index contributed by atoms with van der Waals surface area (Å²) in [6.07, 6.45) is 0. The number of benzene rings is 3. The summed E-state index contributed by atoms with van der Waals surface area (Å²) >= 11 is 0. The fraction of sp³-hybridized carbons (Fsp3) is 0.333. The van der Waals surface area contributed by atoms with Crippen molar-refractivity contribution < 1.29 is 27.5 Å². The molecule has 0 saturated carbocycles. The Bertz CT molecular complexity index is 1410. The van der Waals surface area contributed by atoms with Crippen molar-refractivity contribution in [2.45, 2.75) is 50.7 Å². The molecule has 9 nitrogen and oxygen atoms in total. The van der Waals surface area contributed by atoms with E-state index in [1.54, 1.807) is 37.3 Å². The molecule has 1 N–H and O–H groups in total. The van der Waals surface area contributed by atoms with Crippen LogP contribution in [0.1, 0.15) is 33.3 Å². The van der Waals surface area contributed by atoms with Gasteiger partial charge in [-0.1, -0.05) is 48.5 Å². The van der Waals surface area contributed by atoms with Gasteiger partial charge in [0.2, 0.25) is 11.8 Å². The Balaban J connectivity index is 2.10. The summed E-state index contributed by atoms with van der Waals surface area (Å²) in [6, 6.07) is 20.9. The summed E-state index contributed by atoms with van der Waals surface area (Å²) in [6.45, 7) is 6.70. The molecular formula is C30H37N3O6S. The van der Waals surface area contributed by atoms with Gasteiger partial charge in [-0.3, -0.25) is 13.9 Å². The van der Waals surface area contributed by atoms with Crippen molar-refractivity contribution in [3.8, 4) is 11.5 Å². The van der Waals surface area contributed by atoms with Crippen molar-refractivity contribution in [2.75, 3.05) is 25.1 Å². The number of carbonyl (C=O) groups is 2. The molecule has 3 aromatic carbocycles. The highest BCUT2D eigenvalue weighted by Gasteiger charge is 2.34. The molecule has 0 heterocycles. The first kappa shape index (κ1) is 30.5. The molecule has 0 bridgehead atoms. The predicted molar refractivity (Wildman–Crippen MR) is 155 cm³/mol. The van der Waals surface area contributed by atoms with Gasteiger partial charge in [-0.25, -0.2) is 8.42 Å². The highest BCUT2D eigenvalue weighted by Crippen LogP contribution is 2.36. The van der Waals surface area contributed by atoms with Gasteiger partial charge in [0, 0.05) is 18.2 Å². The second-order valence-electron chi connectivity index (χ2n) is 10.3. The zero-order chi connectivity index (χ0) is 29.5. The lowest BCUT2D eigenvalue weighted by molar-refractivity contribution is -0.140. The normalized spacial score (nSPS) is 12.2. The standard InChI is InChI=1S/C30H37N3O6S/c1-22(29(35)31-30(2,3)4)32(20-23-13-9-7-10-14-23)28(34)21-33(40(36,37)25-15-11-8-12-16-25)26-19-24(38-5)17-18-27(26)39-6/h7-19,22H,20-21H2,1-6H3,(H,31,35)/t22-/m1/s1. The number of hydrogen-bond donors (Lipinski definition) is 1. The van der Waals surface area contributed by atoms with Crippen molar-refractivity contribution in [1.82, 2.24) is 10.2 Å². The van der Waals surface area contributed by atoms with Crippen LogP contribution in [0.15, 0.2) is 83.8 Å². The monoisotopic (exact) mass is 567 g/mol. The number of anilines is 1. The van der Waals surface area contributed by atoms with E-state index in [0.717, 1.165) is 9.87 Å². The van der Waals surface area contributed by atoms with E-state index >= 15 is 0 Å². The lowest BCUT2D eigenvalue weighted by atomic mass is 10.1. The van der Waals surface area contributed by atoms with Crippen LogP contribution < -0.4 is 19.1 Å². The number of nitrogens with one attached hydrogen (secondary N) is 1. The third kappa shape index (κ3) is 7.53. The molecule has 40 heavy (non-hydrogen) atoms. The highest BCUT2D eigenvalue weighted by atomic mass is 32.2. The molecule has 0 radical (unpaired) electrons. The summed E-state index contributed by atoms with van der Waals surface area (Å²) < 4.78 is 39.8. The second kappa shape index (κ2) is 12.9. The van der Waals surface area contributed by atoms with Gasteiger partial charge < -0.3 is 19.7 Å². The van der Waals surface area contributed by atoms with Crippen LogP contribution in [0, 0.1) is 0 Å². The van der Waals surface area contributed by atoms with Crippen molar-refractivity contribution in [3.05, 3.63) is 84.4 Å². The van der Waals surface area contributed by atoms with Crippen molar-refractivity contribution >= 4 is 27.5 Å². The highest BCUT2D eigenvalue weighted by molar-refractivity contribution is 7.92. The SMILES string of the molecule is COc1ccc(OC)c(N(CC(=O)N(Cc2ccccc2)[C@H](C)C(=O)NC(C)(C)C)S(=O)(=O)c2ccccc2)c1. The molecule has 0 aliphatic heterocycles. The molecule has 0 aliphatic carbocycles. The third-order valence-corrected chi connectivity index (χ3v) is 7.90. The zero-order valence-electron chi connectivity index (χ0n) is 23.7. The fourth-order valence-electron chi connectivity index (χ4n) is 4.06. The van der Waals surface area contributed by atoms with Crippen LogP contribution in [-0.4, -0.2) is 57.5 Å². The van der Waals surface area contributed by atoms with Crippen LogP contribution in [0.3, 0.4) is 0 Å². The average molecular weight is 568 g/mol. The van der Waals surface area contributed by atoms with Crippen molar-refractivity contribution in [1.29, 1.82) is 0 Å². The second-order valence-corrected chi connectivity index (χ2v) is 12.1. The van der Waals surface area contributed by atoms with Gasteiger partial charge in [-0.05, 0) is 57.5 Å². The molecule has 3 aromatic rings. The molecule has 10 heteroatoms. The molecule has 0 aliphatic rings. The Kier molecular flexibility index (Phi) is 9.81. The molecular weight excluding hydrogens is 530 g/mol. The molecule has 0 aromatic heterocycles. The van der Waals surface area contributed by atoms with Crippen molar-refractivity contribution in [2.24, 2.45) is 0 Å². The summed E-state index contributed by atoms with van der Waals surface area (Å²) in [7, 11) is -1.36. The van der Waals surface area contributed by atoms with Crippen LogP contribution in [0.4, 0.5) is 5.69 Å². The predicted octanol–water partition coefficient (Wildman–Crippen LogP) is 4.23. The number of carbonyl (C=O) groups excluding carboxylic acids is 2. The number of sulfonamides is 1. The van der Waals surface area contributed by atoms with Crippen LogP contribution in [0.2, 0.25) is 0 Å². The van der Waals surface area contributed by atoms with Gasteiger partial charge in [-0.15, -0.1) is 0 Å². The Morgan fingerprint density at radius 1 is 0.900 bits per heavy atom. The first-order chi connectivity index (χ1) is 18.9. The minimum atomic E-state index is -4.24. The van der Waals surface area contributed by atoms with Gasteiger partial charge in [-0.2, -0.15) is 0 Å². The topological polar surface area (TPSA) is 105 Å². The minimum absolute atomic E-state index is 0.000747. The quantitative estimate of drug-likeness (QED) is 0.372. The van der Waals surface area contributed by atoms with Gasteiger partial charge in [0.25, 0.3) is 10.0 Å². The van der Waals surface area contributed by atoms with E-state index in [2.05, 4.69) is 5.32 Å². The largest absolute Gasteiger partial charge is 0.497 e. The van der Waals surface area contributed by atoms with Gasteiger partial charge in [0.15, 0.2) is 0 Å². The van der Waals surface area contributed by atoms with E-state index in [-0.39, 0.29) is 28.8 Å². The van der Waals surface area contributed by atoms with Crippen LogP contribution in [0.25, 0.3) is 0 Å². The Hall–Kier alpha value is -4.05. The Labute approximate surface area is 236 Å². The maximum atomic E-state index is 14.0. The number of rotatable bonds is 11. The third-order valence-electron chi connectivity index (χ3n) is 6.13. The number of ether oxygens (including phenoxy) is 2. The number of hydrogen-bond acceptors (Lipinski definition) is 6. The average Bonchev–Trinajstić information content (AvgIpc) is 2.93. The maximum Gasteiger partial charge on any atom is 0.264 e. The lowest BCUT2D eigenvalue weighted by Gasteiger charge is -2.33. The summed E-state index contributed by atoms with van der Waals surface area (Å²) in [5, 5.41) is 2.91. The Morgan fingerprint density at radius 3 is 2.05 bits per heavy atom. The maximum absolute atomic E-state index is 14.0. The van der Waals surface area contributed by atoms with Crippen LogP contribution >= 0.6 is 0 Å². The summed E-state index contributed by atoms with van der Waals surface area (Å²) in [5.74, 6) is -0.296. The van der Waals surface area contributed by atoms with Crippen LogP contribution in [-0.2, 0) is 26.2 Å². The molecule has 214 valence electrons. The van der Waals surface area contributed by atoms with E-state index in [9.17, 15) is 18.0 Å². The molecule has 0 saturated heterocycles. The molecule has 0 spiro atoms. The van der Waals surface area contributed by atoms with E-state index in [0.29, 0.717) is 5.75 Å². The number of nitrogens with zero attached hydrogens (tertiary/aromatic N) is 2. The van der Waals surface area contributed by atoms with Gasteiger partial charge in [0.1, 0.15) is 24.1 Å². The lowest BCUT2D eigenvalue weighted by Crippen LogP contribution is -2.54. The molecule has 0 unspecified atom stereocenters. The van der Waals surface area contributed by atoms with Gasteiger partial charge >= 0.3 is 0 Å². The first-order valence-electron chi connectivity index (χ1n) is 12.8. The number of amides is 2. The van der Waals surface area contributed by atoms with Gasteiger partial charge in [0.05, 0.1) is 24.8 Å². The van der Waals surface area contributed by atoms with E-state index in [1.807, 2.05) is 51.1 Å². The molecule has 0 fully saturated rings. The van der Waals surface area contributed by atoms with E-state index in [1.165, 1.54) is 37.3 Å². The summed E-state index contributed by atoms with van der Waals surface area (Å²) in [4.78, 5) is 28.6. The smallest absolute Gasteiger partial charge is 0.264 e. The summed E-state index contributed by atoms with van der Waals surface area (Å²) in [5.41, 5.74) is 0.400. The Morgan fingerprint density at radius 2 is 1.50 bits per heavy atom. The first-order valence-corrected chi connectivity index (χ1v) is 14.3. The molecule has 3 rings (SSSR count).